The van der Waals surface area contributed by atoms with Crippen LogP contribution in [0.15, 0.2) is 0 Å². The Bertz CT molecular complexity index is 131. The third-order valence-electron chi connectivity index (χ3n) is 2.07. The van der Waals surface area contributed by atoms with E-state index in [1.807, 2.05) is 0 Å². The van der Waals surface area contributed by atoms with E-state index in [0.29, 0.717) is 6.42 Å². The first kappa shape index (κ1) is 11.8. The summed E-state index contributed by atoms with van der Waals surface area (Å²) in [5.41, 5.74) is 0. The third-order valence-corrected chi connectivity index (χ3v) is 2.07. The summed E-state index contributed by atoms with van der Waals surface area (Å²) >= 11 is 0. The van der Waals surface area contributed by atoms with Gasteiger partial charge in [0, 0.05) is 0 Å². The van der Waals surface area contributed by atoms with Crippen LogP contribution in [-0.2, 0) is 0 Å². The fourth-order valence-corrected chi connectivity index (χ4v) is 1.30. The Morgan fingerprint density at radius 1 is 1.25 bits per heavy atom. The van der Waals surface area contributed by atoms with E-state index in [2.05, 4.69) is 0 Å². The van der Waals surface area contributed by atoms with Crippen LogP contribution in [0.25, 0.3) is 0 Å². The molecule has 0 aliphatic heterocycles. The lowest BCUT2D eigenvalue weighted by Gasteiger charge is -2.26. The van der Waals surface area contributed by atoms with Crippen molar-refractivity contribution in [1.29, 1.82) is 0 Å². The maximum absolute atomic E-state index is 12.0. The van der Waals surface area contributed by atoms with Crippen LogP contribution in [0, 0.1) is 11.8 Å². The highest BCUT2D eigenvalue weighted by molar-refractivity contribution is 4.76. The Hall–Kier alpha value is -0.250. The van der Waals surface area contributed by atoms with Crippen LogP contribution < -0.4 is 0 Å². The number of hydrogen-bond acceptors (Lipinski definition) is 1. The summed E-state index contributed by atoms with van der Waals surface area (Å²) in [6.45, 7) is 5.02. The smallest absolute Gasteiger partial charge is 0.383 e. The lowest BCUT2D eigenvalue weighted by atomic mass is 9.88. The number of aliphatic hydroxyl groups is 1. The van der Waals surface area contributed by atoms with Gasteiger partial charge in [0.2, 0.25) is 0 Å². The summed E-state index contributed by atoms with van der Waals surface area (Å²) in [7, 11) is 0. The summed E-state index contributed by atoms with van der Waals surface area (Å²) in [5, 5.41) is 8.89. The normalized spacial score (nSPS) is 18.0. The molecule has 0 aromatic carbocycles. The molecule has 74 valence electrons. The first-order valence-corrected chi connectivity index (χ1v) is 4.05. The van der Waals surface area contributed by atoms with Crippen LogP contribution in [0.3, 0.4) is 0 Å². The molecule has 0 rings (SSSR count). The minimum absolute atomic E-state index is 0.147. The molecule has 1 nitrogen and oxygen atoms in total. The molecule has 0 saturated heterocycles. The molecule has 0 bridgehead atoms. The van der Waals surface area contributed by atoms with Gasteiger partial charge in [-0.1, -0.05) is 27.2 Å². The fraction of sp³-hybridized carbons (Fsp3) is 1.00. The second-order valence-corrected chi connectivity index (χ2v) is 3.30. The van der Waals surface area contributed by atoms with Gasteiger partial charge in [-0.15, -0.1) is 0 Å². The van der Waals surface area contributed by atoms with E-state index in [-0.39, 0.29) is 5.92 Å². The molecule has 0 fully saturated rings. The Labute approximate surface area is 70.6 Å². The number of rotatable bonds is 3. The largest absolute Gasteiger partial charge is 0.414 e. The van der Waals surface area contributed by atoms with Crippen molar-refractivity contribution in [3.8, 4) is 0 Å². The molecule has 0 aliphatic carbocycles. The Morgan fingerprint density at radius 2 is 1.67 bits per heavy atom. The van der Waals surface area contributed by atoms with E-state index in [0.717, 1.165) is 0 Å². The standard InChI is InChI=1S/C8H15F3O/c1-4-6(5(2)3)7(12)8(9,10)11/h5-7,12H,4H2,1-3H3/t6-,7?/m1/s1. The van der Waals surface area contributed by atoms with Crippen molar-refractivity contribution in [3.63, 3.8) is 0 Å². The summed E-state index contributed by atoms with van der Waals surface area (Å²) in [5.74, 6) is -0.836. The van der Waals surface area contributed by atoms with Crippen molar-refractivity contribution >= 4 is 0 Å². The van der Waals surface area contributed by atoms with Crippen LogP contribution in [0.5, 0.6) is 0 Å². The molecule has 0 spiro atoms. The molecule has 0 aromatic heterocycles. The molecule has 0 heterocycles. The van der Waals surface area contributed by atoms with Gasteiger partial charge in [-0.2, -0.15) is 13.2 Å². The molecule has 0 radical (unpaired) electrons. The molecule has 0 aliphatic rings. The van der Waals surface area contributed by atoms with Gasteiger partial charge in [0.15, 0.2) is 6.10 Å². The number of aliphatic hydroxyl groups excluding tert-OH is 1. The lowest BCUT2D eigenvalue weighted by Crippen LogP contribution is -2.38. The second kappa shape index (κ2) is 4.12. The van der Waals surface area contributed by atoms with Gasteiger partial charge in [-0.05, 0) is 11.8 Å². The lowest BCUT2D eigenvalue weighted by molar-refractivity contribution is -0.223. The topological polar surface area (TPSA) is 20.2 Å². The molecular weight excluding hydrogens is 169 g/mol. The highest BCUT2D eigenvalue weighted by Gasteiger charge is 2.43. The van der Waals surface area contributed by atoms with Crippen molar-refractivity contribution in [3.05, 3.63) is 0 Å². The maximum atomic E-state index is 12.0. The predicted molar refractivity (Wildman–Crippen MR) is 40.7 cm³/mol. The van der Waals surface area contributed by atoms with Crippen molar-refractivity contribution in [1.82, 2.24) is 0 Å². The highest BCUT2D eigenvalue weighted by atomic mass is 19.4. The van der Waals surface area contributed by atoms with Crippen molar-refractivity contribution < 1.29 is 18.3 Å². The molecule has 1 N–H and O–H groups in total. The molecule has 0 aromatic rings. The van der Waals surface area contributed by atoms with Gasteiger partial charge in [0.25, 0.3) is 0 Å². The zero-order chi connectivity index (χ0) is 9.94. The zero-order valence-electron chi connectivity index (χ0n) is 7.52. The van der Waals surface area contributed by atoms with Crippen molar-refractivity contribution in [2.75, 3.05) is 0 Å². The molecular formula is C8H15F3O. The Morgan fingerprint density at radius 3 is 1.75 bits per heavy atom. The fourth-order valence-electron chi connectivity index (χ4n) is 1.30. The summed E-state index contributed by atoms with van der Waals surface area (Å²) < 4.78 is 36.0. The Balaban J connectivity index is 4.32. The van der Waals surface area contributed by atoms with E-state index in [9.17, 15) is 13.2 Å². The van der Waals surface area contributed by atoms with Crippen LogP contribution in [0.1, 0.15) is 27.2 Å². The van der Waals surface area contributed by atoms with Gasteiger partial charge in [-0.25, -0.2) is 0 Å². The SMILES string of the molecule is CC[C@H](C(C)C)C(O)C(F)(F)F. The van der Waals surface area contributed by atoms with E-state index in [1.54, 1.807) is 20.8 Å². The second-order valence-electron chi connectivity index (χ2n) is 3.30. The van der Waals surface area contributed by atoms with Gasteiger partial charge in [0.05, 0.1) is 0 Å². The number of halogens is 3. The highest BCUT2D eigenvalue weighted by Crippen LogP contribution is 2.31. The summed E-state index contributed by atoms with van der Waals surface area (Å²) in [4.78, 5) is 0. The average molecular weight is 184 g/mol. The summed E-state index contributed by atoms with van der Waals surface area (Å²) in [6.07, 6.45) is -6.31. The minimum atomic E-state index is -4.48. The van der Waals surface area contributed by atoms with E-state index in [1.165, 1.54) is 0 Å². The molecule has 0 amide bonds. The van der Waals surface area contributed by atoms with E-state index in [4.69, 9.17) is 5.11 Å². The van der Waals surface area contributed by atoms with Gasteiger partial charge < -0.3 is 5.11 Å². The van der Waals surface area contributed by atoms with E-state index >= 15 is 0 Å². The number of alkyl halides is 3. The molecule has 4 heteroatoms. The zero-order valence-corrected chi connectivity index (χ0v) is 7.52. The Kier molecular flexibility index (Phi) is 4.03. The van der Waals surface area contributed by atoms with Crippen LogP contribution in [0.2, 0.25) is 0 Å². The van der Waals surface area contributed by atoms with Crippen molar-refractivity contribution in [2.24, 2.45) is 11.8 Å². The van der Waals surface area contributed by atoms with E-state index < -0.39 is 18.2 Å². The van der Waals surface area contributed by atoms with Crippen LogP contribution in [0.4, 0.5) is 13.2 Å². The van der Waals surface area contributed by atoms with Crippen LogP contribution >= 0.6 is 0 Å². The molecule has 1 unspecified atom stereocenters. The molecule has 12 heavy (non-hydrogen) atoms. The first-order chi connectivity index (χ1) is 5.30. The monoisotopic (exact) mass is 184 g/mol. The molecule has 0 saturated carbocycles. The maximum Gasteiger partial charge on any atom is 0.414 e. The number of hydrogen-bond donors (Lipinski definition) is 1. The summed E-state index contributed by atoms with van der Waals surface area (Å²) in [6, 6.07) is 0. The average Bonchev–Trinajstić information content (AvgIpc) is 1.86. The quantitative estimate of drug-likeness (QED) is 0.714. The van der Waals surface area contributed by atoms with Gasteiger partial charge in [-0.3, -0.25) is 0 Å². The first-order valence-electron chi connectivity index (χ1n) is 4.05. The third kappa shape index (κ3) is 3.01. The van der Waals surface area contributed by atoms with Crippen LogP contribution in [-0.4, -0.2) is 17.4 Å². The van der Waals surface area contributed by atoms with Crippen molar-refractivity contribution in [2.45, 2.75) is 39.5 Å². The predicted octanol–water partition coefficient (Wildman–Crippen LogP) is 2.59. The van der Waals surface area contributed by atoms with Gasteiger partial charge >= 0.3 is 6.18 Å². The van der Waals surface area contributed by atoms with Gasteiger partial charge in [0.1, 0.15) is 0 Å². The minimum Gasteiger partial charge on any atom is -0.383 e. The molecule has 2 atom stereocenters.